The van der Waals surface area contributed by atoms with Gasteiger partial charge in [-0.15, -0.1) is 0 Å². The molecule has 1 aliphatic carbocycles. The first kappa shape index (κ1) is 9.97. The second-order valence-corrected chi connectivity index (χ2v) is 4.69. The van der Waals surface area contributed by atoms with Crippen molar-refractivity contribution in [3.05, 3.63) is 0 Å². The Morgan fingerprint density at radius 3 is 2.71 bits per heavy atom. The summed E-state index contributed by atoms with van der Waals surface area (Å²) in [5.41, 5.74) is 0. The van der Waals surface area contributed by atoms with Gasteiger partial charge in [-0.2, -0.15) is 0 Å². The van der Waals surface area contributed by atoms with Gasteiger partial charge in [-0.25, -0.2) is 0 Å². The SMILES string of the molecule is C[C@H]1[C@@H]2[C@@H](C(=O)O)CCC[C@H]2O[C@H]1C. The number of aliphatic carboxylic acids is 1. The van der Waals surface area contributed by atoms with E-state index in [1.54, 1.807) is 0 Å². The maximum Gasteiger partial charge on any atom is 0.306 e. The molecule has 1 heterocycles. The third-order valence-corrected chi connectivity index (χ3v) is 3.95. The smallest absolute Gasteiger partial charge is 0.306 e. The van der Waals surface area contributed by atoms with Crippen molar-refractivity contribution in [2.45, 2.75) is 45.3 Å². The van der Waals surface area contributed by atoms with Crippen LogP contribution >= 0.6 is 0 Å². The second kappa shape index (κ2) is 3.54. The van der Waals surface area contributed by atoms with Gasteiger partial charge in [-0.3, -0.25) is 4.79 Å². The second-order valence-electron chi connectivity index (χ2n) is 4.69. The molecule has 5 atom stereocenters. The first-order chi connectivity index (χ1) is 6.61. The van der Waals surface area contributed by atoms with Crippen LogP contribution in [-0.2, 0) is 9.53 Å². The van der Waals surface area contributed by atoms with Gasteiger partial charge in [-0.05, 0) is 32.1 Å². The van der Waals surface area contributed by atoms with Gasteiger partial charge < -0.3 is 9.84 Å². The van der Waals surface area contributed by atoms with E-state index in [2.05, 4.69) is 13.8 Å². The van der Waals surface area contributed by atoms with E-state index in [1.165, 1.54) is 0 Å². The summed E-state index contributed by atoms with van der Waals surface area (Å²) in [5.74, 6) is -0.171. The number of rotatable bonds is 1. The maximum atomic E-state index is 11.1. The summed E-state index contributed by atoms with van der Waals surface area (Å²) >= 11 is 0. The molecule has 1 saturated carbocycles. The molecule has 2 aliphatic rings. The van der Waals surface area contributed by atoms with E-state index in [0.717, 1.165) is 19.3 Å². The average Bonchev–Trinajstić information content (AvgIpc) is 2.43. The van der Waals surface area contributed by atoms with Crippen LogP contribution in [0.15, 0.2) is 0 Å². The number of carbonyl (C=O) groups is 1. The lowest BCUT2D eigenvalue weighted by atomic mass is 9.72. The van der Waals surface area contributed by atoms with Crippen LogP contribution in [0.3, 0.4) is 0 Å². The standard InChI is InChI=1S/C11H18O3/c1-6-7(2)14-9-5-3-4-8(10(6)9)11(12)13/h6-10H,3-5H2,1-2H3,(H,12,13)/t6-,7+,8+,9-,10-/m1/s1. The van der Waals surface area contributed by atoms with Crippen LogP contribution in [-0.4, -0.2) is 23.3 Å². The summed E-state index contributed by atoms with van der Waals surface area (Å²) in [6.07, 6.45) is 3.30. The predicted octanol–water partition coefficient (Wildman–Crippen LogP) is 1.91. The number of hydrogen-bond acceptors (Lipinski definition) is 2. The van der Waals surface area contributed by atoms with Gasteiger partial charge in [0.1, 0.15) is 0 Å². The van der Waals surface area contributed by atoms with Crippen molar-refractivity contribution < 1.29 is 14.6 Å². The van der Waals surface area contributed by atoms with Crippen molar-refractivity contribution in [3.8, 4) is 0 Å². The molecule has 0 amide bonds. The minimum atomic E-state index is -0.635. The summed E-state index contributed by atoms with van der Waals surface area (Å²) in [6.45, 7) is 4.18. The summed E-state index contributed by atoms with van der Waals surface area (Å²) in [6, 6.07) is 0. The minimum absolute atomic E-state index is 0.173. The molecule has 1 N–H and O–H groups in total. The van der Waals surface area contributed by atoms with E-state index in [0.29, 0.717) is 5.92 Å². The molecule has 2 rings (SSSR count). The highest BCUT2D eigenvalue weighted by Crippen LogP contribution is 2.44. The molecule has 14 heavy (non-hydrogen) atoms. The third kappa shape index (κ3) is 1.44. The quantitative estimate of drug-likeness (QED) is 0.700. The Morgan fingerprint density at radius 2 is 2.07 bits per heavy atom. The monoisotopic (exact) mass is 198 g/mol. The zero-order valence-electron chi connectivity index (χ0n) is 8.77. The molecular formula is C11H18O3. The van der Waals surface area contributed by atoms with Gasteiger partial charge >= 0.3 is 5.97 Å². The fourth-order valence-electron chi connectivity index (χ4n) is 3.05. The molecule has 0 spiro atoms. The van der Waals surface area contributed by atoms with Crippen molar-refractivity contribution in [2.24, 2.45) is 17.8 Å². The summed E-state index contributed by atoms with van der Waals surface area (Å²) in [5, 5.41) is 9.13. The number of ether oxygens (including phenoxy) is 1. The molecule has 0 aromatic heterocycles. The Kier molecular flexibility index (Phi) is 2.52. The third-order valence-electron chi connectivity index (χ3n) is 3.95. The maximum absolute atomic E-state index is 11.1. The molecule has 0 unspecified atom stereocenters. The van der Waals surface area contributed by atoms with Gasteiger partial charge in [0.25, 0.3) is 0 Å². The van der Waals surface area contributed by atoms with Crippen molar-refractivity contribution >= 4 is 5.97 Å². The fourth-order valence-corrected chi connectivity index (χ4v) is 3.05. The highest BCUT2D eigenvalue weighted by Gasteiger charge is 2.47. The number of fused-ring (bicyclic) bond motifs is 1. The lowest BCUT2D eigenvalue weighted by Crippen LogP contribution is -2.36. The highest BCUT2D eigenvalue weighted by molar-refractivity contribution is 5.70. The number of carboxylic acid groups (broad SMARTS) is 1. The van der Waals surface area contributed by atoms with Crippen LogP contribution in [0.2, 0.25) is 0 Å². The minimum Gasteiger partial charge on any atom is -0.481 e. The zero-order chi connectivity index (χ0) is 10.3. The molecule has 0 aromatic carbocycles. The van der Waals surface area contributed by atoms with Crippen molar-refractivity contribution in [1.29, 1.82) is 0 Å². The normalized spacial score (nSPS) is 47.4. The molecule has 0 radical (unpaired) electrons. The number of hydrogen-bond donors (Lipinski definition) is 1. The Labute approximate surface area is 84.4 Å². The van der Waals surface area contributed by atoms with E-state index >= 15 is 0 Å². The van der Waals surface area contributed by atoms with Gasteiger partial charge in [0.2, 0.25) is 0 Å². The molecule has 0 bridgehead atoms. The van der Waals surface area contributed by atoms with Crippen LogP contribution in [0.4, 0.5) is 0 Å². The molecule has 80 valence electrons. The highest BCUT2D eigenvalue weighted by atomic mass is 16.5. The van der Waals surface area contributed by atoms with Crippen LogP contribution < -0.4 is 0 Å². The zero-order valence-corrected chi connectivity index (χ0v) is 8.77. The molecule has 1 aliphatic heterocycles. The molecule has 0 aromatic rings. The van der Waals surface area contributed by atoms with Gasteiger partial charge in [-0.1, -0.05) is 6.92 Å². The van der Waals surface area contributed by atoms with Crippen LogP contribution in [0.1, 0.15) is 33.1 Å². The van der Waals surface area contributed by atoms with Gasteiger partial charge in [0, 0.05) is 5.92 Å². The summed E-state index contributed by atoms with van der Waals surface area (Å²) < 4.78 is 5.79. The molecule has 2 fully saturated rings. The first-order valence-electron chi connectivity index (χ1n) is 5.49. The van der Waals surface area contributed by atoms with E-state index in [4.69, 9.17) is 9.84 Å². The Morgan fingerprint density at radius 1 is 1.36 bits per heavy atom. The predicted molar refractivity (Wildman–Crippen MR) is 52.0 cm³/mol. The lowest BCUT2D eigenvalue weighted by molar-refractivity contribution is -0.146. The van der Waals surface area contributed by atoms with Crippen LogP contribution in [0.5, 0.6) is 0 Å². The Bertz CT molecular complexity index is 239. The van der Waals surface area contributed by atoms with E-state index in [1.807, 2.05) is 0 Å². The Balaban J connectivity index is 2.18. The largest absolute Gasteiger partial charge is 0.481 e. The summed E-state index contributed by atoms with van der Waals surface area (Å²) in [4.78, 5) is 11.1. The van der Waals surface area contributed by atoms with Crippen molar-refractivity contribution in [1.82, 2.24) is 0 Å². The molecular weight excluding hydrogens is 180 g/mol. The van der Waals surface area contributed by atoms with Crippen LogP contribution in [0.25, 0.3) is 0 Å². The summed E-state index contributed by atoms with van der Waals surface area (Å²) in [7, 11) is 0. The lowest BCUT2D eigenvalue weighted by Gasteiger charge is -2.31. The van der Waals surface area contributed by atoms with Crippen molar-refractivity contribution in [3.63, 3.8) is 0 Å². The van der Waals surface area contributed by atoms with Crippen LogP contribution in [0, 0.1) is 17.8 Å². The first-order valence-corrected chi connectivity index (χ1v) is 5.49. The fraction of sp³-hybridized carbons (Fsp3) is 0.909. The van der Waals surface area contributed by atoms with E-state index in [-0.39, 0.29) is 24.0 Å². The Hall–Kier alpha value is -0.570. The molecule has 1 saturated heterocycles. The molecule has 3 nitrogen and oxygen atoms in total. The van der Waals surface area contributed by atoms with E-state index < -0.39 is 5.97 Å². The average molecular weight is 198 g/mol. The van der Waals surface area contributed by atoms with E-state index in [9.17, 15) is 4.79 Å². The number of carboxylic acids is 1. The van der Waals surface area contributed by atoms with Crippen molar-refractivity contribution in [2.75, 3.05) is 0 Å². The molecule has 3 heteroatoms. The van der Waals surface area contributed by atoms with Gasteiger partial charge in [0.15, 0.2) is 0 Å². The topological polar surface area (TPSA) is 46.5 Å². The van der Waals surface area contributed by atoms with Gasteiger partial charge in [0.05, 0.1) is 18.1 Å².